The number of para-hydroxylation sites is 1. The molecule has 0 saturated carbocycles. The molecular formula is C20H18BrN5O. The standard InChI is InChI=1S/C20H18BrN5O/c1-13(2)19-17(11-23-26(19)15-6-4-3-5-7-15)24-20(27)14-8-9-18-16(21)10-22-25(18)12-14/h3-13H,1-2H3,(H,24,27). The van der Waals surface area contributed by atoms with E-state index in [1.165, 1.54) is 0 Å². The Kier molecular flexibility index (Phi) is 4.53. The molecule has 0 aliphatic rings. The molecule has 0 aliphatic carbocycles. The largest absolute Gasteiger partial charge is 0.319 e. The van der Waals surface area contributed by atoms with E-state index in [-0.39, 0.29) is 11.8 Å². The lowest BCUT2D eigenvalue weighted by atomic mass is 10.1. The highest BCUT2D eigenvalue weighted by atomic mass is 79.9. The minimum absolute atomic E-state index is 0.188. The normalized spacial score (nSPS) is 11.3. The van der Waals surface area contributed by atoms with Crippen molar-refractivity contribution in [2.45, 2.75) is 19.8 Å². The minimum Gasteiger partial charge on any atom is -0.319 e. The van der Waals surface area contributed by atoms with Gasteiger partial charge >= 0.3 is 0 Å². The van der Waals surface area contributed by atoms with E-state index >= 15 is 0 Å². The van der Waals surface area contributed by atoms with Crippen molar-refractivity contribution in [3.63, 3.8) is 0 Å². The van der Waals surface area contributed by atoms with E-state index in [2.05, 4.69) is 45.3 Å². The van der Waals surface area contributed by atoms with Gasteiger partial charge in [0.15, 0.2) is 0 Å². The van der Waals surface area contributed by atoms with Crippen molar-refractivity contribution in [3.8, 4) is 5.69 Å². The van der Waals surface area contributed by atoms with E-state index < -0.39 is 0 Å². The van der Waals surface area contributed by atoms with Crippen molar-refractivity contribution < 1.29 is 4.79 Å². The van der Waals surface area contributed by atoms with Gasteiger partial charge in [0.25, 0.3) is 5.91 Å². The maximum atomic E-state index is 12.8. The number of pyridine rings is 1. The molecule has 7 heteroatoms. The number of aromatic nitrogens is 4. The molecule has 3 aromatic heterocycles. The molecule has 0 radical (unpaired) electrons. The van der Waals surface area contributed by atoms with Crippen molar-refractivity contribution in [3.05, 3.63) is 76.8 Å². The molecule has 4 aromatic rings. The SMILES string of the molecule is CC(C)c1c(NC(=O)c2ccc3c(Br)cnn3c2)cnn1-c1ccccc1. The van der Waals surface area contributed by atoms with E-state index in [9.17, 15) is 4.79 Å². The summed E-state index contributed by atoms with van der Waals surface area (Å²) in [6, 6.07) is 13.5. The van der Waals surface area contributed by atoms with Gasteiger partial charge in [-0.05, 0) is 46.1 Å². The first-order valence-electron chi connectivity index (χ1n) is 8.62. The number of nitrogens with zero attached hydrogens (tertiary/aromatic N) is 4. The number of halogens is 1. The van der Waals surface area contributed by atoms with Crippen molar-refractivity contribution >= 4 is 33.0 Å². The van der Waals surface area contributed by atoms with Crippen LogP contribution in [0.5, 0.6) is 0 Å². The fourth-order valence-corrected chi connectivity index (χ4v) is 3.47. The van der Waals surface area contributed by atoms with E-state index in [0.29, 0.717) is 11.3 Å². The number of hydrogen-bond donors (Lipinski definition) is 1. The van der Waals surface area contributed by atoms with Gasteiger partial charge in [-0.15, -0.1) is 0 Å². The average molecular weight is 424 g/mol. The maximum Gasteiger partial charge on any atom is 0.257 e. The molecule has 1 amide bonds. The van der Waals surface area contributed by atoms with E-state index in [1.807, 2.05) is 41.1 Å². The third-order valence-electron chi connectivity index (χ3n) is 4.33. The molecule has 0 atom stereocenters. The second-order valence-corrected chi connectivity index (χ2v) is 7.39. The Morgan fingerprint density at radius 3 is 2.59 bits per heavy atom. The quantitative estimate of drug-likeness (QED) is 0.519. The minimum atomic E-state index is -0.196. The highest BCUT2D eigenvalue weighted by molar-refractivity contribution is 9.10. The van der Waals surface area contributed by atoms with Crippen LogP contribution in [0.15, 0.2) is 65.5 Å². The van der Waals surface area contributed by atoms with Gasteiger partial charge in [0.2, 0.25) is 0 Å². The predicted octanol–water partition coefficient (Wildman–Crippen LogP) is 4.66. The Bertz CT molecular complexity index is 1110. The van der Waals surface area contributed by atoms with Crippen LogP contribution in [0.1, 0.15) is 35.8 Å². The molecule has 27 heavy (non-hydrogen) atoms. The van der Waals surface area contributed by atoms with Crippen molar-refractivity contribution in [2.24, 2.45) is 0 Å². The van der Waals surface area contributed by atoms with E-state index in [0.717, 1.165) is 21.4 Å². The Morgan fingerprint density at radius 1 is 1.07 bits per heavy atom. The smallest absolute Gasteiger partial charge is 0.257 e. The van der Waals surface area contributed by atoms with Gasteiger partial charge in [-0.25, -0.2) is 9.20 Å². The Labute approximate surface area is 164 Å². The average Bonchev–Trinajstić information content (AvgIpc) is 3.26. The van der Waals surface area contributed by atoms with Crippen LogP contribution >= 0.6 is 15.9 Å². The van der Waals surface area contributed by atoms with Gasteiger partial charge in [0.05, 0.1) is 45.0 Å². The Balaban J connectivity index is 1.67. The van der Waals surface area contributed by atoms with E-state index in [1.54, 1.807) is 29.2 Å². The summed E-state index contributed by atoms with van der Waals surface area (Å²) in [5, 5.41) is 11.7. The second kappa shape index (κ2) is 7.00. The van der Waals surface area contributed by atoms with Gasteiger partial charge in [0.1, 0.15) is 0 Å². The molecule has 4 rings (SSSR count). The van der Waals surface area contributed by atoms with Crippen LogP contribution in [0, 0.1) is 0 Å². The molecule has 0 saturated heterocycles. The zero-order valence-corrected chi connectivity index (χ0v) is 16.5. The summed E-state index contributed by atoms with van der Waals surface area (Å²) in [6.07, 6.45) is 5.12. The number of carbonyl (C=O) groups is 1. The van der Waals surface area contributed by atoms with Crippen molar-refractivity contribution in [1.29, 1.82) is 0 Å². The zero-order valence-electron chi connectivity index (χ0n) is 14.9. The summed E-state index contributed by atoms with van der Waals surface area (Å²) >= 11 is 3.44. The third-order valence-corrected chi connectivity index (χ3v) is 4.94. The first kappa shape index (κ1) is 17.5. The number of nitrogens with one attached hydrogen (secondary N) is 1. The van der Waals surface area contributed by atoms with Gasteiger partial charge < -0.3 is 5.32 Å². The second-order valence-electron chi connectivity index (χ2n) is 6.54. The van der Waals surface area contributed by atoms with Crippen molar-refractivity contribution in [2.75, 3.05) is 5.32 Å². The number of amides is 1. The lowest BCUT2D eigenvalue weighted by molar-refractivity contribution is 0.102. The zero-order chi connectivity index (χ0) is 19.0. The molecule has 0 bridgehead atoms. The molecule has 0 aliphatic heterocycles. The molecule has 0 spiro atoms. The molecule has 3 heterocycles. The highest BCUT2D eigenvalue weighted by Crippen LogP contribution is 2.27. The van der Waals surface area contributed by atoms with Crippen LogP contribution in [0.2, 0.25) is 0 Å². The van der Waals surface area contributed by atoms with Crippen LogP contribution in [-0.4, -0.2) is 25.3 Å². The van der Waals surface area contributed by atoms with Crippen LogP contribution in [0.4, 0.5) is 5.69 Å². The van der Waals surface area contributed by atoms with Gasteiger partial charge in [-0.1, -0.05) is 32.0 Å². The maximum absolute atomic E-state index is 12.8. The summed E-state index contributed by atoms with van der Waals surface area (Å²) in [5.74, 6) is -0.00871. The summed E-state index contributed by atoms with van der Waals surface area (Å²) in [4.78, 5) is 12.8. The fourth-order valence-electron chi connectivity index (χ4n) is 3.07. The molecule has 136 valence electrons. The Morgan fingerprint density at radius 2 is 1.85 bits per heavy atom. The third kappa shape index (κ3) is 3.26. The van der Waals surface area contributed by atoms with Gasteiger partial charge in [-0.2, -0.15) is 10.2 Å². The Hall–Kier alpha value is -2.93. The van der Waals surface area contributed by atoms with Crippen LogP contribution in [0.25, 0.3) is 11.2 Å². The predicted molar refractivity (Wildman–Crippen MR) is 108 cm³/mol. The molecule has 1 aromatic carbocycles. The van der Waals surface area contributed by atoms with Crippen LogP contribution in [0.3, 0.4) is 0 Å². The molecule has 0 fully saturated rings. The number of carbonyl (C=O) groups excluding carboxylic acids is 1. The molecule has 0 unspecified atom stereocenters. The number of fused-ring (bicyclic) bond motifs is 1. The highest BCUT2D eigenvalue weighted by Gasteiger charge is 2.18. The summed E-state index contributed by atoms with van der Waals surface area (Å²) < 4.78 is 4.43. The summed E-state index contributed by atoms with van der Waals surface area (Å²) in [5.41, 5.74) is 4.06. The molecule has 1 N–H and O–H groups in total. The van der Waals surface area contributed by atoms with Gasteiger partial charge in [-0.3, -0.25) is 4.79 Å². The monoisotopic (exact) mass is 423 g/mol. The lowest BCUT2D eigenvalue weighted by Crippen LogP contribution is -2.15. The van der Waals surface area contributed by atoms with E-state index in [4.69, 9.17) is 0 Å². The van der Waals surface area contributed by atoms with Crippen LogP contribution < -0.4 is 5.32 Å². The molecule has 6 nitrogen and oxygen atoms in total. The lowest BCUT2D eigenvalue weighted by Gasteiger charge is -2.13. The number of benzene rings is 1. The topological polar surface area (TPSA) is 64.2 Å². The fraction of sp³-hybridized carbons (Fsp3) is 0.150. The number of rotatable bonds is 4. The molecular weight excluding hydrogens is 406 g/mol. The number of hydrogen-bond acceptors (Lipinski definition) is 3. The first-order chi connectivity index (χ1) is 13.0. The first-order valence-corrected chi connectivity index (χ1v) is 9.41. The van der Waals surface area contributed by atoms with Crippen molar-refractivity contribution in [1.82, 2.24) is 19.4 Å². The van der Waals surface area contributed by atoms with Crippen LogP contribution in [-0.2, 0) is 0 Å². The van der Waals surface area contributed by atoms with Gasteiger partial charge in [0, 0.05) is 6.20 Å². The summed E-state index contributed by atoms with van der Waals surface area (Å²) in [6.45, 7) is 4.17. The number of anilines is 1. The summed E-state index contributed by atoms with van der Waals surface area (Å²) in [7, 11) is 0.